The summed E-state index contributed by atoms with van der Waals surface area (Å²) in [6, 6.07) is 13.6. The number of amidine groups is 1. The van der Waals surface area contributed by atoms with Crippen LogP contribution in [0.25, 0.3) is 5.57 Å². The molecule has 0 aromatic heterocycles. The number of carbonyl (C=O) groups excluding carboxylic acids is 2. The number of aliphatic imine (C=N–C) groups is 1. The van der Waals surface area contributed by atoms with Gasteiger partial charge in [0.15, 0.2) is 5.84 Å². The molecule has 2 aliphatic rings. The zero-order valence-electron chi connectivity index (χ0n) is 20.2. The quantitative estimate of drug-likeness (QED) is 0.708. The van der Waals surface area contributed by atoms with E-state index in [1.807, 2.05) is 80.1 Å². The van der Waals surface area contributed by atoms with Crippen molar-refractivity contribution in [2.75, 3.05) is 26.2 Å². The van der Waals surface area contributed by atoms with Gasteiger partial charge in [-0.2, -0.15) is 0 Å². The first-order valence-corrected chi connectivity index (χ1v) is 12.0. The van der Waals surface area contributed by atoms with Gasteiger partial charge in [0.2, 0.25) is 0 Å². The summed E-state index contributed by atoms with van der Waals surface area (Å²) in [6.45, 7) is 9.89. The van der Waals surface area contributed by atoms with E-state index >= 15 is 0 Å². The van der Waals surface area contributed by atoms with Crippen molar-refractivity contribution in [2.45, 2.75) is 39.7 Å². The summed E-state index contributed by atoms with van der Waals surface area (Å²) in [5, 5.41) is 3.81. The van der Waals surface area contributed by atoms with Crippen LogP contribution in [0.1, 0.15) is 47.3 Å². The molecule has 2 amide bonds. The maximum atomic E-state index is 13.4. The molecule has 0 spiro atoms. The highest BCUT2D eigenvalue weighted by atomic mass is 35.5. The lowest BCUT2D eigenvalue weighted by Crippen LogP contribution is -2.63. The summed E-state index contributed by atoms with van der Waals surface area (Å²) < 4.78 is 0. The fourth-order valence-corrected chi connectivity index (χ4v) is 4.91. The van der Waals surface area contributed by atoms with E-state index in [4.69, 9.17) is 11.6 Å². The molecule has 0 saturated carbocycles. The van der Waals surface area contributed by atoms with E-state index in [2.05, 4.69) is 16.4 Å². The van der Waals surface area contributed by atoms with E-state index in [0.29, 0.717) is 49.0 Å². The van der Waals surface area contributed by atoms with E-state index in [0.717, 1.165) is 22.3 Å². The second kappa shape index (κ2) is 9.63. The summed E-state index contributed by atoms with van der Waals surface area (Å²) in [4.78, 5) is 34.8. The topological polar surface area (TPSA) is 65.0 Å². The highest BCUT2D eigenvalue weighted by molar-refractivity contribution is 6.38. The van der Waals surface area contributed by atoms with Crippen LogP contribution in [-0.2, 0) is 4.79 Å². The van der Waals surface area contributed by atoms with Gasteiger partial charge in [-0.05, 0) is 69.5 Å². The SMILES string of the molecule is Cc1cc(C)cc(C(=O)N2CCN(C(=O)C3=NCCC(c4cccc(Cl)c4)=CN3)C(C)(C)C2)c1. The standard InChI is InChI=1S/C27H31ClN4O2/c1-18-12-19(2)14-22(13-18)25(33)31-10-11-32(27(3,4)17-31)26(34)24-29-9-8-21(16-30-24)20-6-5-7-23(28)15-20/h5-7,12-16H,8-11,17H2,1-4H3,(H,29,30). The minimum absolute atomic E-state index is 0.00556. The van der Waals surface area contributed by atoms with E-state index in [9.17, 15) is 9.59 Å². The number of hydrogen-bond donors (Lipinski definition) is 1. The van der Waals surface area contributed by atoms with Crippen LogP contribution in [0.5, 0.6) is 0 Å². The summed E-state index contributed by atoms with van der Waals surface area (Å²) in [5.41, 5.74) is 4.37. The van der Waals surface area contributed by atoms with Gasteiger partial charge in [0.25, 0.3) is 11.8 Å². The molecule has 2 aromatic rings. The van der Waals surface area contributed by atoms with Gasteiger partial charge in [-0.15, -0.1) is 0 Å². The molecular weight excluding hydrogens is 448 g/mol. The lowest BCUT2D eigenvalue weighted by atomic mass is 9.97. The van der Waals surface area contributed by atoms with Crippen molar-refractivity contribution in [1.29, 1.82) is 0 Å². The Balaban J connectivity index is 1.46. The fraction of sp³-hybridized carbons (Fsp3) is 0.370. The van der Waals surface area contributed by atoms with E-state index in [-0.39, 0.29) is 11.8 Å². The van der Waals surface area contributed by atoms with Gasteiger partial charge in [0.1, 0.15) is 0 Å². The molecule has 0 bridgehead atoms. The second-order valence-electron chi connectivity index (χ2n) is 9.68. The van der Waals surface area contributed by atoms with Crippen LogP contribution in [0.15, 0.2) is 53.7 Å². The molecule has 2 aliphatic heterocycles. The van der Waals surface area contributed by atoms with Gasteiger partial charge < -0.3 is 15.1 Å². The lowest BCUT2D eigenvalue weighted by molar-refractivity contribution is -0.132. The molecule has 1 fully saturated rings. The predicted octanol–water partition coefficient (Wildman–Crippen LogP) is 4.45. The van der Waals surface area contributed by atoms with Crippen molar-refractivity contribution >= 4 is 34.8 Å². The molecule has 4 rings (SSSR count). The van der Waals surface area contributed by atoms with Crippen molar-refractivity contribution in [3.8, 4) is 0 Å². The minimum atomic E-state index is -0.528. The third-order valence-corrected chi connectivity index (χ3v) is 6.57. The maximum absolute atomic E-state index is 13.4. The molecule has 0 aliphatic carbocycles. The normalized spacial score (nSPS) is 17.9. The van der Waals surface area contributed by atoms with Crippen LogP contribution in [0.2, 0.25) is 5.02 Å². The van der Waals surface area contributed by atoms with Gasteiger partial charge in [0.05, 0.1) is 5.54 Å². The Morgan fingerprint density at radius 3 is 2.44 bits per heavy atom. The number of hydrogen-bond acceptors (Lipinski definition) is 4. The molecule has 1 saturated heterocycles. The number of nitrogens with zero attached hydrogens (tertiary/aromatic N) is 3. The van der Waals surface area contributed by atoms with E-state index in [1.165, 1.54) is 0 Å². The predicted molar refractivity (Wildman–Crippen MR) is 137 cm³/mol. The van der Waals surface area contributed by atoms with Crippen LogP contribution in [0.3, 0.4) is 0 Å². The van der Waals surface area contributed by atoms with Crippen LogP contribution in [-0.4, -0.2) is 59.2 Å². The molecule has 178 valence electrons. The van der Waals surface area contributed by atoms with E-state index < -0.39 is 5.54 Å². The molecule has 2 aromatic carbocycles. The molecule has 1 N–H and O–H groups in total. The Bertz CT molecular complexity index is 1160. The summed E-state index contributed by atoms with van der Waals surface area (Å²) in [7, 11) is 0. The van der Waals surface area contributed by atoms with Crippen molar-refractivity contribution in [2.24, 2.45) is 4.99 Å². The molecule has 2 heterocycles. The largest absolute Gasteiger partial charge is 0.342 e. The number of piperazine rings is 1. The maximum Gasteiger partial charge on any atom is 0.289 e. The summed E-state index contributed by atoms with van der Waals surface area (Å²) in [5.74, 6) is 0.192. The third kappa shape index (κ3) is 5.17. The molecule has 34 heavy (non-hydrogen) atoms. The van der Waals surface area contributed by atoms with Crippen molar-refractivity contribution in [1.82, 2.24) is 15.1 Å². The van der Waals surface area contributed by atoms with Crippen LogP contribution in [0.4, 0.5) is 0 Å². The molecule has 0 atom stereocenters. The zero-order chi connectivity index (χ0) is 24.5. The van der Waals surface area contributed by atoms with Crippen LogP contribution in [0, 0.1) is 13.8 Å². The van der Waals surface area contributed by atoms with Crippen LogP contribution >= 0.6 is 11.6 Å². The molecule has 6 nitrogen and oxygen atoms in total. The Hall–Kier alpha value is -3.12. The van der Waals surface area contributed by atoms with Gasteiger partial charge in [-0.1, -0.05) is 40.9 Å². The number of aryl methyl sites for hydroxylation is 2. The first-order valence-electron chi connectivity index (χ1n) is 11.6. The first kappa shape index (κ1) is 24.0. The zero-order valence-corrected chi connectivity index (χ0v) is 20.9. The molecule has 0 unspecified atom stereocenters. The van der Waals surface area contributed by atoms with Crippen molar-refractivity contribution in [3.05, 3.63) is 75.9 Å². The van der Waals surface area contributed by atoms with Gasteiger partial charge >= 0.3 is 0 Å². The number of carbonyl (C=O) groups is 2. The number of rotatable bonds is 3. The number of benzene rings is 2. The number of amides is 2. The van der Waals surface area contributed by atoms with Gasteiger partial charge in [-0.3, -0.25) is 14.6 Å². The average Bonchev–Trinajstić information content (AvgIpc) is 3.03. The Morgan fingerprint density at radius 1 is 1.03 bits per heavy atom. The Morgan fingerprint density at radius 2 is 1.76 bits per heavy atom. The highest BCUT2D eigenvalue weighted by Gasteiger charge is 2.40. The van der Waals surface area contributed by atoms with E-state index in [1.54, 1.807) is 0 Å². The average molecular weight is 479 g/mol. The monoisotopic (exact) mass is 478 g/mol. The Labute approximate surface area is 206 Å². The highest BCUT2D eigenvalue weighted by Crippen LogP contribution is 2.25. The van der Waals surface area contributed by atoms with Crippen molar-refractivity contribution < 1.29 is 9.59 Å². The minimum Gasteiger partial charge on any atom is -0.342 e. The lowest BCUT2D eigenvalue weighted by Gasteiger charge is -2.47. The smallest absolute Gasteiger partial charge is 0.289 e. The molecule has 7 heteroatoms. The summed E-state index contributed by atoms with van der Waals surface area (Å²) >= 11 is 6.14. The second-order valence-corrected chi connectivity index (χ2v) is 10.1. The number of halogens is 1. The molecular formula is C27H31ClN4O2. The van der Waals surface area contributed by atoms with Crippen molar-refractivity contribution in [3.63, 3.8) is 0 Å². The first-order chi connectivity index (χ1) is 16.1. The van der Waals surface area contributed by atoms with Gasteiger partial charge in [-0.25, -0.2) is 0 Å². The molecule has 0 radical (unpaired) electrons. The van der Waals surface area contributed by atoms with Crippen LogP contribution < -0.4 is 5.32 Å². The fourth-order valence-electron chi connectivity index (χ4n) is 4.72. The van der Waals surface area contributed by atoms with Gasteiger partial charge in [0, 0.05) is 43.0 Å². The third-order valence-electron chi connectivity index (χ3n) is 6.34. The summed E-state index contributed by atoms with van der Waals surface area (Å²) in [6.07, 6.45) is 2.56. The Kier molecular flexibility index (Phi) is 6.80. The number of nitrogens with one attached hydrogen (secondary N) is 1.